The number of nitrogens with zero attached hydrogens (tertiary/aromatic N) is 1. The van der Waals surface area contributed by atoms with Crippen LogP contribution in [-0.2, 0) is 14.3 Å². The van der Waals surface area contributed by atoms with Gasteiger partial charge in [-0.2, -0.15) is 0 Å². The van der Waals surface area contributed by atoms with Gasteiger partial charge >= 0.3 is 0 Å². The normalized spacial score (nSPS) is 28.5. The molecular formula is C14H26N2O3. The second-order valence-corrected chi connectivity index (χ2v) is 5.51. The zero-order chi connectivity index (χ0) is 13.7. The molecule has 0 spiro atoms. The van der Waals surface area contributed by atoms with Gasteiger partial charge in [0, 0.05) is 13.7 Å². The van der Waals surface area contributed by atoms with Gasteiger partial charge in [-0.1, -0.05) is 12.8 Å². The first kappa shape index (κ1) is 14.8. The number of nitrogens with one attached hydrogen (secondary N) is 1. The van der Waals surface area contributed by atoms with Crippen molar-refractivity contribution in [3.05, 3.63) is 0 Å². The van der Waals surface area contributed by atoms with Crippen LogP contribution in [0.25, 0.3) is 0 Å². The summed E-state index contributed by atoms with van der Waals surface area (Å²) in [5.41, 5.74) is 0. The summed E-state index contributed by atoms with van der Waals surface area (Å²) in [6.45, 7) is 4.42. The van der Waals surface area contributed by atoms with Gasteiger partial charge < -0.3 is 14.4 Å². The number of amides is 1. The van der Waals surface area contributed by atoms with Crippen LogP contribution in [0.1, 0.15) is 32.6 Å². The third-order valence-corrected chi connectivity index (χ3v) is 4.16. The number of carbonyl (C=O) groups excluding carboxylic acids is 1. The molecule has 2 atom stereocenters. The van der Waals surface area contributed by atoms with Crippen molar-refractivity contribution in [3.8, 4) is 0 Å². The molecular weight excluding hydrogens is 244 g/mol. The molecule has 1 aliphatic heterocycles. The Hall–Kier alpha value is -0.650. The standard InChI is InChI=1S/C14H26N2O3/c1-11-14(17)16(7-8-19-10-9-18-2)13(15-11)12-5-3-4-6-12/h11-13,15H,3-10H2,1-2H3. The first-order valence-electron chi connectivity index (χ1n) is 7.37. The van der Waals surface area contributed by atoms with Gasteiger partial charge in [0.05, 0.1) is 32.0 Å². The molecule has 2 fully saturated rings. The summed E-state index contributed by atoms with van der Waals surface area (Å²) in [5, 5.41) is 3.44. The lowest BCUT2D eigenvalue weighted by molar-refractivity contribution is -0.131. The largest absolute Gasteiger partial charge is 0.382 e. The van der Waals surface area contributed by atoms with Crippen molar-refractivity contribution < 1.29 is 14.3 Å². The Labute approximate surface area is 115 Å². The molecule has 1 N–H and O–H groups in total. The lowest BCUT2D eigenvalue weighted by atomic mass is 10.0. The number of ether oxygens (including phenoxy) is 2. The van der Waals surface area contributed by atoms with Crippen LogP contribution in [0.3, 0.4) is 0 Å². The molecule has 5 nitrogen and oxygen atoms in total. The average molecular weight is 270 g/mol. The molecule has 0 radical (unpaired) electrons. The summed E-state index contributed by atoms with van der Waals surface area (Å²) >= 11 is 0. The minimum absolute atomic E-state index is 0.0513. The van der Waals surface area contributed by atoms with Crippen LogP contribution in [0, 0.1) is 5.92 Å². The third kappa shape index (κ3) is 3.68. The number of methoxy groups -OCH3 is 1. The number of rotatable bonds is 7. The van der Waals surface area contributed by atoms with E-state index in [4.69, 9.17) is 9.47 Å². The molecule has 0 bridgehead atoms. The fourth-order valence-corrected chi connectivity index (χ4v) is 3.12. The quantitative estimate of drug-likeness (QED) is 0.701. The highest BCUT2D eigenvalue weighted by atomic mass is 16.5. The van der Waals surface area contributed by atoms with Crippen molar-refractivity contribution in [1.82, 2.24) is 10.2 Å². The average Bonchev–Trinajstić information content (AvgIpc) is 3.01. The zero-order valence-corrected chi connectivity index (χ0v) is 12.1. The Kier molecular flexibility index (Phi) is 5.60. The van der Waals surface area contributed by atoms with E-state index in [9.17, 15) is 4.79 Å². The Balaban J connectivity index is 1.81. The molecule has 5 heteroatoms. The second-order valence-electron chi connectivity index (χ2n) is 5.51. The van der Waals surface area contributed by atoms with Crippen LogP contribution in [0.4, 0.5) is 0 Å². The number of hydrogen-bond acceptors (Lipinski definition) is 4. The smallest absolute Gasteiger partial charge is 0.240 e. The van der Waals surface area contributed by atoms with E-state index in [1.54, 1.807) is 7.11 Å². The lowest BCUT2D eigenvalue weighted by Crippen LogP contribution is -2.44. The van der Waals surface area contributed by atoms with E-state index in [-0.39, 0.29) is 18.1 Å². The summed E-state index contributed by atoms with van der Waals surface area (Å²) in [6.07, 6.45) is 5.28. The van der Waals surface area contributed by atoms with Gasteiger partial charge in [0.15, 0.2) is 0 Å². The minimum Gasteiger partial charge on any atom is -0.382 e. The molecule has 0 aromatic rings. The van der Waals surface area contributed by atoms with Crippen LogP contribution >= 0.6 is 0 Å². The SMILES string of the molecule is COCCOCCN1C(=O)C(C)NC1C1CCCC1. The van der Waals surface area contributed by atoms with E-state index in [2.05, 4.69) is 5.32 Å². The molecule has 110 valence electrons. The monoisotopic (exact) mass is 270 g/mol. The van der Waals surface area contributed by atoms with Crippen molar-refractivity contribution in [2.24, 2.45) is 5.92 Å². The third-order valence-electron chi connectivity index (χ3n) is 4.16. The van der Waals surface area contributed by atoms with E-state index < -0.39 is 0 Å². The molecule has 1 saturated carbocycles. The van der Waals surface area contributed by atoms with Gasteiger partial charge in [-0.15, -0.1) is 0 Å². The topological polar surface area (TPSA) is 50.8 Å². The number of hydrogen-bond donors (Lipinski definition) is 1. The molecule has 19 heavy (non-hydrogen) atoms. The predicted molar refractivity (Wildman–Crippen MR) is 72.8 cm³/mol. The first-order valence-corrected chi connectivity index (χ1v) is 7.37. The van der Waals surface area contributed by atoms with Gasteiger partial charge in [-0.05, 0) is 25.7 Å². The summed E-state index contributed by atoms with van der Waals surface area (Å²) in [4.78, 5) is 14.2. The highest BCUT2D eigenvalue weighted by molar-refractivity contribution is 5.83. The highest BCUT2D eigenvalue weighted by Crippen LogP contribution is 2.31. The van der Waals surface area contributed by atoms with E-state index in [1.165, 1.54) is 25.7 Å². The maximum Gasteiger partial charge on any atom is 0.240 e. The highest BCUT2D eigenvalue weighted by Gasteiger charge is 2.40. The molecule has 0 aromatic heterocycles. The lowest BCUT2D eigenvalue weighted by Gasteiger charge is -2.28. The zero-order valence-electron chi connectivity index (χ0n) is 12.1. The van der Waals surface area contributed by atoms with Crippen molar-refractivity contribution in [1.29, 1.82) is 0 Å². The molecule has 2 unspecified atom stereocenters. The molecule has 2 aliphatic rings. The van der Waals surface area contributed by atoms with Crippen LogP contribution in [0.15, 0.2) is 0 Å². The van der Waals surface area contributed by atoms with Crippen molar-refractivity contribution in [2.75, 3.05) is 33.5 Å². The van der Waals surface area contributed by atoms with E-state index in [1.807, 2.05) is 11.8 Å². The van der Waals surface area contributed by atoms with E-state index >= 15 is 0 Å². The number of carbonyl (C=O) groups is 1. The minimum atomic E-state index is -0.0513. The predicted octanol–water partition coefficient (Wildman–Crippen LogP) is 0.986. The summed E-state index contributed by atoms with van der Waals surface area (Å²) in [5.74, 6) is 0.833. The Morgan fingerprint density at radius 3 is 2.68 bits per heavy atom. The maximum absolute atomic E-state index is 12.2. The molecule has 1 amide bonds. The van der Waals surface area contributed by atoms with Crippen LogP contribution in [0.5, 0.6) is 0 Å². The van der Waals surface area contributed by atoms with Gasteiger partial charge in [0.25, 0.3) is 0 Å². The van der Waals surface area contributed by atoms with Gasteiger partial charge in [0.2, 0.25) is 5.91 Å². The molecule has 0 aromatic carbocycles. The van der Waals surface area contributed by atoms with Gasteiger partial charge in [0.1, 0.15) is 0 Å². The first-order chi connectivity index (χ1) is 9.24. The fourth-order valence-electron chi connectivity index (χ4n) is 3.12. The van der Waals surface area contributed by atoms with Crippen molar-refractivity contribution >= 4 is 5.91 Å². The fraction of sp³-hybridized carbons (Fsp3) is 0.929. The summed E-state index contributed by atoms with van der Waals surface area (Å²) in [6, 6.07) is -0.0513. The van der Waals surface area contributed by atoms with Crippen molar-refractivity contribution in [2.45, 2.75) is 44.8 Å². The van der Waals surface area contributed by atoms with Crippen LogP contribution in [-0.4, -0.2) is 56.5 Å². The van der Waals surface area contributed by atoms with Crippen LogP contribution < -0.4 is 5.32 Å². The van der Waals surface area contributed by atoms with Crippen molar-refractivity contribution in [3.63, 3.8) is 0 Å². The maximum atomic E-state index is 12.2. The molecule has 1 saturated heterocycles. The van der Waals surface area contributed by atoms with Crippen LogP contribution in [0.2, 0.25) is 0 Å². The van der Waals surface area contributed by atoms with Gasteiger partial charge in [-0.25, -0.2) is 0 Å². The van der Waals surface area contributed by atoms with E-state index in [0.29, 0.717) is 32.3 Å². The molecule has 2 rings (SSSR count). The Bertz CT molecular complexity index is 292. The van der Waals surface area contributed by atoms with Gasteiger partial charge in [-0.3, -0.25) is 10.1 Å². The Morgan fingerprint density at radius 1 is 1.26 bits per heavy atom. The second kappa shape index (κ2) is 7.22. The summed E-state index contributed by atoms with van der Waals surface area (Å²) < 4.78 is 10.4. The molecule has 1 aliphatic carbocycles. The summed E-state index contributed by atoms with van der Waals surface area (Å²) in [7, 11) is 1.66. The van der Waals surface area contributed by atoms with E-state index in [0.717, 1.165) is 0 Å². The molecule has 1 heterocycles. The Morgan fingerprint density at radius 2 is 2.00 bits per heavy atom.